The molecule has 1 amide bonds. The molecule has 0 aliphatic heterocycles. The summed E-state index contributed by atoms with van der Waals surface area (Å²) < 4.78 is 48.1. The molecule has 12 heteroatoms. The van der Waals surface area contributed by atoms with Crippen molar-refractivity contribution in [1.82, 2.24) is 30.2 Å². The highest BCUT2D eigenvalue weighted by Gasteiger charge is 2.35. The first-order valence-corrected chi connectivity index (χ1v) is 9.98. The van der Waals surface area contributed by atoms with Crippen molar-refractivity contribution in [3.63, 3.8) is 0 Å². The summed E-state index contributed by atoms with van der Waals surface area (Å²) in [6.07, 6.45) is -4.22. The molecule has 33 heavy (non-hydrogen) atoms. The van der Waals surface area contributed by atoms with E-state index in [4.69, 9.17) is 4.74 Å². The fraction of sp³-hybridized carbons (Fsp3) is 0.381. The summed E-state index contributed by atoms with van der Waals surface area (Å²) >= 11 is 0. The van der Waals surface area contributed by atoms with Gasteiger partial charge in [-0.25, -0.2) is 9.67 Å². The minimum Gasteiger partial charge on any atom is -0.493 e. The molecular weight excluding hydrogens is 439 g/mol. The molecule has 3 rings (SSSR count). The molecule has 0 atom stereocenters. The van der Waals surface area contributed by atoms with Gasteiger partial charge in [-0.3, -0.25) is 9.69 Å². The number of pyridine rings is 1. The van der Waals surface area contributed by atoms with Gasteiger partial charge in [-0.05, 0) is 37.7 Å². The van der Waals surface area contributed by atoms with E-state index in [0.29, 0.717) is 18.5 Å². The second kappa shape index (κ2) is 9.83. The van der Waals surface area contributed by atoms with Crippen LogP contribution < -0.4 is 10.1 Å². The molecule has 1 N–H and O–H groups in total. The van der Waals surface area contributed by atoms with Crippen molar-refractivity contribution < 1.29 is 22.7 Å². The predicted octanol–water partition coefficient (Wildman–Crippen LogP) is 2.37. The summed E-state index contributed by atoms with van der Waals surface area (Å²) in [5.74, 6) is -0.453. The Hall–Kier alpha value is -3.72. The fourth-order valence-corrected chi connectivity index (χ4v) is 3.21. The first-order chi connectivity index (χ1) is 15.6. The zero-order valence-corrected chi connectivity index (χ0v) is 18.3. The molecule has 0 fully saturated rings. The zero-order chi connectivity index (χ0) is 24.2. The van der Waals surface area contributed by atoms with E-state index < -0.39 is 11.7 Å². The van der Waals surface area contributed by atoms with Crippen molar-refractivity contribution >= 4 is 16.9 Å². The van der Waals surface area contributed by atoms with Gasteiger partial charge in [0, 0.05) is 26.2 Å². The lowest BCUT2D eigenvalue weighted by Crippen LogP contribution is -2.33. The first kappa shape index (κ1) is 23.9. The van der Waals surface area contributed by atoms with Gasteiger partial charge in [-0.2, -0.15) is 18.4 Å². The second-order valence-electron chi connectivity index (χ2n) is 7.37. The number of likely N-dealkylation sites (N-methyl/N-ethyl adjacent to an activating group) is 2. The minimum absolute atomic E-state index is 0.0228. The van der Waals surface area contributed by atoms with E-state index in [1.807, 2.05) is 6.07 Å². The van der Waals surface area contributed by atoms with E-state index in [0.717, 1.165) is 6.07 Å². The largest absolute Gasteiger partial charge is 0.493 e. The van der Waals surface area contributed by atoms with Gasteiger partial charge in [0.2, 0.25) is 5.91 Å². The first-order valence-electron chi connectivity index (χ1n) is 9.98. The Kier molecular flexibility index (Phi) is 7.13. The van der Waals surface area contributed by atoms with Crippen LogP contribution in [0.4, 0.5) is 13.2 Å². The molecule has 0 saturated heterocycles. The van der Waals surface area contributed by atoms with Gasteiger partial charge in [0.25, 0.3) is 0 Å². The third-order valence-electron chi connectivity index (χ3n) is 4.92. The number of halogens is 3. The third kappa shape index (κ3) is 5.56. The lowest BCUT2D eigenvalue weighted by Gasteiger charge is -2.17. The highest BCUT2D eigenvalue weighted by Crippen LogP contribution is 2.39. The van der Waals surface area contributed by atoms with Crippen LogP contribution in [0.15, 0.2) is 24.3 Å². The molecule has 1 aromatic carbocycles. The number of aromatic nitrogens is 4. The average molecular weight is 461 g/mol. The number of aryl methyl sites for hydroxylation is 1. The number of hydrogen-bond acceptors (Lipinski definition) is 7. The van der Waals surface area contributed by atoms with E-state index in [2.05, 4.69) is 20.6 Å². The number of nitrogens with zero attached hydrogens (tertiary/aromatic N) is 6. The van der Waals surface area contributed by atoms with Gasteiger partial charge < -0.3 is 10.1 Å². The minimum atomic E-state index is -4.66. The number of amides is 1. The Morgan fingerprint density at radius 1 is 1.33 bits per heavy atom. The Bertz CT molecular complexity index is 1200. The molecule has 174 valence electrons. The van der Waals surface area contributed by atoms with Crippen molar-refractivity contribution in [3.05, 3.63) is 35.5 Å². The molecule has 2 heterocycles. The van der Waals surface area contributed by atoms with E-state index >= 15 is 0 Å². The van der Waals surface area contributed by atoms with Crippen LogP contribution in [0.3, 0.4) is 0 Å². The summed E-state index contributed by atoms with van der Waals surface area (Å²) in [6.45, 7) is 0.712. The van der Waals surface area contributed by atoms with Crippen LogP contribution in [-0.4, -0.2) is 64.6 Å². The van der Waals surface area contributed by atoms with Crippen LogP contribution in [0, 0.1) is 11.3 Å². The molecule has 0 unspecified atom stereocenters. The van der Waals surface area contributed by atoms with Crippen LogP contribution >= 0.6 is 0 Å². The van der Waals surface area contributed by atoms with E-state index in [9.17, 15) is 23.2 Å². The number of hydrogen-bond donors (Lipinski definition) is 1. The Morgan fingerprint density at radius 2 is 2.09 bits per heavy atom. The van der Waals surface area contributed by atoms with E-state index in [1.54, 1.807) is 19.0 Å². The molecular formula is C21H22F3N7O2. The molecule has 9 nitrogen and oxygen atoms in total. The summed E-state index contributed by atoms with van der Waals surface area (Å²) in [5.41, 5.74) is 0.164. The summed E-state index contributed by atoms with van der Waals surface area (Å²) in [7, 11) is 4.89. The fourth-order valence-electron chi connectivity index (χ4n) is 3.21. The van der Waals surface area contributed by atoms with Crippen LogP contribution in [-0.2, 0) is 18.0 Å². The third-order valence-corrected chi connectivity index (χ3v) is 4.92. The smallest absolute Gasteiger partial charge is 0.419 e. The van der Waals surface area contributed by atoms with Gasteiger partial charge in [-0.1, -0.05) is 5.21 Å². The molecule has 0 spiro atoms. The summed E-state index contributed by atoms with van der Waals surface area (Å²) in [4.78, 5) is 17.3. The van der Waals surface area contributed by atoms with Crippen LogP contribution in [0.25, 0.3) is 22.3 Å². The number of fused-ring (bicyclic) bond motifs is 1. The van der Waals surface area contributed by atoms with Crippen molar-refractivity contribution in [2.24, 2.45) is 7.05 Å². The zero-order valence-electron chi connectivity index (χ0n) is 18.3. The molecule has 0 aliphatic carbocycles. The van der Waals surface area contributed by atoms with E-state index in [1.165, 1.54) is 29.9 Å². The molecule has 0 radical (unpaired) electrons. The number of benzene rings is 1. The van der Waals surface area contributed by atoms with E-state index in [-0.39, 0.29) is 47.3 Å². The molecule has 0 bridgehead atoms. The van der Waals surface area contributed by atoms with Crippen LogP contribution in [0.2, 0.25) is 0 Å². The topological polar surface area (TPSA) is 109 Å². The number of ether oxygens (including phenoxy) is 1. The van der Waals surface area contributed by atoms with Crippen molar-refractivity contribution in [2.75, 3.05) is 33.8 Å². The standard InChI is InChI=1S/C21H22F3N7O2/c1-26-19(32)12-30(2)7-4-8-33-18-6-5-13(9-14(18)21(22,23)24)15-10-17-20(16(11-25)27-15)28-29-31(17)3/h5-6,9-10H,4,7-8,12H2,1-3H3,(H,26,32). The summed E-state index contributed by atoms with van der Waals surface area (Å²) in [5, 5.41) is 19.6. The Balaban J connectivity index is 1.82. The normalized spacial score (nSPS) is 11.6. The SMILES string of the molecule is CNC(=O)CN(C)CCCOc1ccc(-c2cc3c(nnn3C)c(C#N)n2)cc1C(F)(F)F. The molecule has 2 aromatic heterocycles. The molecule has 3 aromatic rings. The maximum absolute atomic E-state index is 13.7. The van der Waals surface area contributed by atoms with Gasteiger partial charge in [0.05, 0.1) is 29.9 Å². The number of alkyl halides is 3. The van der Waals surface area contributed by atoms with Gasteiger partial charge in [0.15, 0.2) is 5.69 Å². The maximum Gasteiger partial charge on any atom is 0.419 e. The average Bonchev–Trinajstić information content (AvgIpc) is 3.16. The number of carbonyl (C=O) groups is 1. The highest BCUT2D eigenvalue weighted by molar-refractivity contribution is 5.83. The number of nitriles is 1. The maximum atomic E-state index is 13.7. The number of rotatable bonds is 8. The Labute approximate surface area is 187 Å². The Morgan fingerprint density at radius 3 is 2.76 bits per heavy atom. The quantitative estimate of drug-likeness (QED) is 0.513. The molecule has 0 aliphatic rings. The van der Waals surface area contributed by atoms with Crippen molar-refractivity contribution in [1.29, 1.82) is 5.26 Å². The van der Waals surface area contributed by atoms with Gasteiger partial charge >= 0.3 is 6.18 Å². The van der Waals surface area contributed by atoms with Gasteiger partial charge in [0.1, 0.15) is 17.3 Å². The van der Waals surface area contributed by atoms with Gasteiger partial charge in [-0.15, -0.1) is 5.10 Å². The highest BCUT2D eigenvalue weighted by atomic mass is 19.4. The molecule has 0 saturated carbocycles. The van der Waals surface area contributed by atoms with Crippen LogP contribution in [0.5, 0.6) is 5.75 Å². The van der Waals surface area contributed by atoms with Crippen molar-refractivity contribution in [3.8, 4) is 23.1 Å². The summed E-state index contributed by atoms with van der Waals surface area (Å²) in [6, 6.07) is 7.09. The lowest BCUT2D eigenvalue weighted by molar-refractivity contribution is -0.139. The number of carbonyl (C=O) groups excluding carboxylic acids is 1. The van der Waals surface area contributed by atoms with Crippen LogP contribution in [0.1, 0.15) is 17.7 Å². The second-order valence-corrected chi connectivity index (χ2v) is 7.37. The van der Waals surface area contributed by atoms with Crippen molar-refractivity contribution in [2.45, 2.75) is 12.6 Å². The number of nitrogens with one attached hydrogen (secondary N) is 1. The lowest BCUT2D eigenvalue weighted by atomic mass is 10.1. The monoisotopic (exact) mass is 461 g/mol. The predicted molar refractivity (Wildman–Crippen MR) is 113 cm³/mol.